The Kier molecular flexibility index (Phi) is 9.23. The maximum atomic E-state index is 14.6. The first kappa shape index (κ1) is 29.0. The quantitative estimate of drug-likeness (QED) is 0.553. The fourth-order valence-electron chi connectivity index (χ4n) is 5.57. The van der Waals surface area contributed by atoms with Crippen molar-refractivity contribution in [3.8, 4) is 0 Å². The van der Waals surface area contributed by atoms with Crippen LogP contribution < -0.4 is 10.2 Å². The summed E-state index contributed by atoms with van der Waals surface area (Å²) in [4.78, 5) is 33.7. The van der Waals surface area contributed by atoms with E-state index in [0.717, 1.165) is 62.5 Å². The van der Waals surface area contributed by atoms with Gasteiger partial charge in [-0.1, -0.05) is 13.0 Å². The third-order valence-corrected chi connectivity index (χ3v) is 8.08. The van der Waals surface area contributed by atoms with Crippen LogP contribution in [-0.2, 0) is 16.0 Å². The molecule has 2 aliphatic rings. The maximum Gasteiger partial charge on any atom is 0.236 e. The summed E-state index contributed by atoms with van der Waals surface area (Å²) in [5.41, 5.74) is 3.52. The number of halogens is 2. The van der Waals surface area contributed by atoms with Crippen molar-refractivity contribution in [3.63, 3.8) is 0 Å². The van der Waals surface area contributed by atoms with Crippen LogP contribution in [0.4, 0.5) is 20.2 Å². The van der Waals surface area contributed by atoms with Gasteiger partial charge in [0.25, 0.3) is 0 Å². The lowest BCUT2D eigenvalue weighted by molar-refractivity contribution is -0.133. The Morgan fingerprint density at radius 3 is 2.46 bits per heavy atom. The molecule has 2 atom stereocenters. The molecule has 2 unspecified atom stereocenters. The second-order valence-corrected chi connectivity index (χ2v) is 11.3. The molecule has 2 saturated heterocycles. The second kappa shape index (κ2) is 12.4. The first-order chi connectivity index (χ1) is 18.5. The molecule has 212 valence electrons. The van der Waals surface area contributed by atoms with Gasteiger partial charge in [0.1, 0.15) is 11.6 Å². The number of nitrogens with zero attached hydrogens (tertiary/aromatic N) is 4. The summed E-state index contributed by atoms with van der Waals surface area (Å²) < 4.78 is 29.0. The number of carbonyl (C=O) groups excluding carboxylic acids is 2. The predicted molar refractivity (Wildman–Crippen MR) is 151 cm³/mol. The molecule has 7 nitrogen and oxygen atoms in total. The van der Waals surface area contributed by atoms with Crippen LogP contribution in [0.5, 0.6) is 0 Å². The number of nitrogens with one attached hydrogen (secondary N) is 1. The zero-order valence-electron chi connectivity index (χ0n) is 23.8. The van der Waals surface area contributed by atoms with Gasteiger partial charge < -0.3 is 20.0 Å². The van der Waals surface area contributed by atoms with Crippen LogP contribution in [0.15, 0.2) is 30.3 Å². The lowest BCUT2D eigenvalue weighted by Crippen LogP contribution is -2.53. The number of carbonyl (C=O) groups is 2. The third kappa shape index (κ3) is 7.13. The molecule has 0 saturated carbocycles. The van der Waals surface area contributed by atoms with E-state index in [4.69, 9.17) is 0 Å². The van der Waals surface area contributed by atoms with Crippen molar-refractivity contribution in [3.05, 3.63) is 58.7 Å². The molecular weight excluding hydrogens is 500 g/mol. The van der Waals surface area contributed by atoms with E-state index in [0.29, 0.717) is 23.8 Å². The van der Waals surface area contributed by atoms with Crippen LogP contribution in [0.1, 0.15) is 30.0 Å². The molecule has 4 rings (SSSR count). The molecular formula is C30H41F2N5O2. The summed E-state index contributed by atoms with van der Waals surface area (Å²) in [5, 5.41) is 2.84. The number of hydrogen-bond donors (Lipinski definition) is 1. The molecule has 0 spiro atoms. The third-order valence-electron chi connectivity index (χ3n) is 8.08. The summed E-state index contributed by atoms with van der Waals surface area (Å²) in [6, 6.07) is 8.16. The number of piperazine rings is 1. The highest BCUT2D eigenvalue weighted by Crippen LogP contribution is 2.28. The first-order valence-corrected chi connectivity index (χ1v) is 13.8. The van der Waals surface area contributed by atoms with Crippen LogP contribution in [-0.4, -0.2) is 92.5 Å². The van der Waals surface area contributed by atoms with Crippen molar-refractivity contribution in [1.82, 2.24) is 14.7 Å². The van der Waals surface area contributed by atoms with Crippen molar-refractivity contribution in [1.29, 1.82) is 0 Å². The average molecular weight is 542 g/mol. The van der Waals surface area contributed by atoms with Crippen molar-refractivity contribution in [2.24, 2.45) is 5.92 Å². The number of aryl methyl sites for hydroxylation is 1. The zero-order valence-corrected chi connectivity index (χ0v) is 23.8. The van der Waals surface area contributed by atoms with E-state index in [1.165, 1.54) is 18.2 Å². The largest absolute Gasteiger partial charge is 0.370 e. The van der Waals surface area contributed by atoms with Gasteiger partial charge in [0.05, 0.1) is 6.54 Å². The SMILES string of the molecule is Cc1ccc(F)c(CC(C)C(=O)Nc2cc(F)cc(N3CCC(N4CCN(C(=O)CN(C)C)CC4)C3)c2)c1C. The number of amides is 2. The molecule has 2 aliphatic heterocycles. The predicted octanol–water partition coefficient (Wildman–Crippen LogP) is 3.68. The first-order valence-electron chi connectivity index (χ1n) is 13.8. The Morgan fingerprint density at radius 1 is 1.05 bits per heavy atom. The topological polar surface area (TPSA) is 59.1 Å². The van der Waals surface area contributed by atoms with Crippen molar-refractivity contribution < 1.29 is 18.4 Å². The molecule has 0 bridgehead atoms. The molecule has 0 radical (unpaired) electrons. The van der Waals surface area contributed by atoms with Gasteiger partial charge in [0, 0.05) is 62.6 Å². The van der Waals surface area contributed by atoms with E-state index < -0.39 is 11.7 Å². The summed E-state index contributed by atoms with van der Waals surface area (Å²) >= 11 is 0. The van der Waals surface area contributed by atoms with Gasteiger partial charge >= 0.3 is 0 Å². The number of hydrogen-bond acceptors (Lipinski definition) is 5. The highest BCUT2D eigenvalue weighted by atomic mass is 19.1. The highest BCUT2D eigenvalue weighted by molar-refractivity contribution is 5.93. The monoisotopic (exact) mass is 541 g/mol. The summed E-state index contributed by atoms with van der Waals surface area (Å²) in [5.74, 6) is -1.31. The van der Waals surface area contributed by atoms with Gasteiger partial charge in [-0.25, -0.2) is 8.78 Å². The molecule has 2 aromatic rings. The number of rotatable bonds is 8. The number of anilines is 2. The Bertz CT molecular complexity index is 1200. The molecule has 2 aromatic carbocycles. The smallest absolute Gasteiger partial charge is 0.236 e. The van der Waals surface area contributed by atoms with Crippen LogP contribution in [0.3, 0.4) is 0 Å². The van der Waals surface area contributed by atoms with Crippen molar-refractivity contribution >= 4 is 23.2 Å². The minimum atomic E-state index is -0.480. The van der Waals surface area contributed by atoms with Crippen LogP contribution in [0, 0.1) is 31.4 Å². The minimum Gasteiger partial charge on any atom is -0.370 e. The highest BCUT2D eigenvalue weighted by Gasteiger charge is 2.31. The standard InChI is InChI=1S/C30H41F2N5O2/c1-20-6-7-28(32)27(22(20)3)14-21(2)30(39)33-24-15-23(31)16-26(17-24)37-9-8-25(18-37)35-10-12-36(13-11-35)29(38)19-34(4)5/h6-7,15-17,21,25H,8-14,18-19H2,1-5H3,(H,33,39). The van der Waals surface area contributed by atoms with Gasteiger partial charge in [-0.05, 0) is 81.7 Å². The summed E-state index contributed by atoms with van der Waals surface area (Å²) in [6.45, 7) is 10.7. The van der Waals surface area contributed by atoms with E-state index in [9.17, 15) is 18.4 Å². The Labute approximate surface area is 230 Å². The summed E-state index contributed by atoms with van der Waals surface area (Å²) in [7, 11) is 3.80. The Hall–Kier alpha value is -3.04. The van der Waals surface area contributed by atoms with Crippen LogP contribution in [0.25, 0.3) is 0 Å². The van der Waals surface area contributed by atoms with Crippen LogP contribution >= 0.6 is 0 Å². The molecule has 39 heavy (non-hydrogen) atoms. The minimum absolute atomic E-state index is 0.163. The molecule has 1 N–H and O–H groups in total. The van der Waals surface area contributed by atoms with E-state index in [1.807, 2.05) is 43.8 Å². The number of benzene rings is 2. The lowest BCUT2D eigenvalue weighted by Gasteiger charge is -2.38. The fourth-order valence-corrected chi connectivity index (χ4v) is 5.57. The van der Waals surface area contributed by atoms with Gasteiger partial charge in [-0.3, -0.25) is 14.5 Å². The zero-order chi connectivity index (χ0) is 28.3. The molecule has 2 fully saturated rings. The fraction of sp³-hybridized carbons (Fsp3) is 0.533. The van der Waals surface area contributed by atoms with Crippen molar-refractivity contribution in [2.45, 2.75) is 39.7 Å². The average Bonchev–Trinajstić information content (AvgIpc) is 3.38. The van der Waals surface area contributed by atoms with E-state index in [2.05, 4.69) is 15.1 Å². The Balaban J connectivity index is 1.34. The molecule has 2 heterocycles. The lowest BCUT2D eigenvalue weighted by atomic mass is 9.94. The molecule has 9 heteroatoms. The molecule has 2 amide bonds. The molecule has 0 aliphatic carbocycles. The van der Waals surface area contributed by atoms with Gasteiger partial charge in [-0.15, -0.1) is 0 Å². The van der Waals surface area contributed by atoms with E-state index in [-0.39, 0.29) is 24.1 Å². The molecule has 0 aromatic heterocycles. The normalized spacial score (nSPS) is 19.0. The van der Waals surface area contributed by atoms with E-state index in [1.54, 1.807) is 13.0 Å². The van der Waals surface area contributed by atoms with Gasteiger partial charge in [0.15, 0.2) is 0 Å². The van der Waals surface area contributed by atoms with E-state index >= 15 is 0 Å². The van der Waals surface area contributed by atoms with Gasteiger partial charge in [0.2, 0.25) is 11.8 Å². The summed E-state index contributed by atoms with van der Waals surface area (Å²) in [6.07, 6.45) is 1.23. The van der Waals surface area contributed by atoms with Crippen molar-refractivity contribution in [2.75, 3.05) is 70.1 Å². The van der Waals surface area contributed by atoms with Gasteiger partial charge in [-0.2, -0.15) is 0 Å². The maximum absolute atomic E-state index is 14.6. The van der Waals surface area contributed by atoms with Crippen LogP contribution in [0.2, 0.25) is 0 Å². The second-order valence-electron chi connectivity index (χ2n) is 11.3. The Morgan fingerprint density at radius 2 is 1.77 bits per heavy atom. The number of likely N-dealkylation sites (N-methyl/N-ethyl adjacent to an activating group) is 1.